The Bertz CT molecular complexity index is 428. The fraction of sp³-hybridized carbons (Fsp3) is 0.615. The highest BCUT2D eigenvalue weighted by molar-refractivity contribution is 5.36. The minimum absolute atomic E-state index is 0.413. The zero-order valence-electron chi connectivity index (χ0n) is 10.3. The molecule has 0 spiro atoms. The predicted octanol–water partition coefficient (Wildman–Crippen LogP) is 1.32. The van der Waals surface area contributed by atoms with Gasteiger partial charge in [0, 0.05) is 32.2 Å². The smallest absolute Gasteiger partial charge is 0.125 e. The van der Waals surface area contributed by atoms with E-state index in [1.54, 1.807) is 0 Å². The molecular weight excluding hydrogens is 233 g/mol. The fourth-order valence-electron chi connectivity index (χ4n) is 2.65. The molecule has 3 rings (SSSR count). The number of ether oxygens (including phenoxy) is 1. The number of hydrogen-bond acceptors (Lipinski definition) is 4. The third-order valence-electron chi connectivity index (χ3n) is 3.69. The van der Waals surface area contributed by atoms with Crippen LogP contribution in [0.5, 0.6) is 0 Å². The molecule has 0 radical (unpaired) electrons. The highest BCUT2D eigenvalue weighted by Crippen LogP contribution is 2.29. The summed E-state index contributed by atoms with van der Waals surface area (Å²) in [7, 11) is 0. The van der Waals surface area contributed by atoms with E-state index in [-0.39, 0.29) is 0 Å². The van der Waals surface area contributed by atoms with Crippen LogP contribution in [0.15, 0.2) is 12.1 Å². The summed E-state index contributed by atoms with van der Waals surface area (Å²) < 4.78 is 18.3. The van der Waals surface area contributed by atoms with Crippen molar-refractivity contribution in [3.63, 3.8) is 0 Å². The molecule has 4 nitrogen and oxygen atoms in total. The lowest BCUT2D eigenvalue weighted by Crippen LogP contribution is -2.47. The number of alkyl halides is 1. The number of rotatable bonds is 3. The summed E-state index contributed by atoms with van der Waals surface area (Å²) in [5, 5.41) is 0. The molecule has 0 aliphatic carbocycles. The minimum atomic E-state index is -0.677. The summed E-state index contributed by atoms with van der Waals surface area (Å²) >= 11 is 0. The predicted molar refractivity (Wildman–Crippen MR) is 67.0 cm³/mol. The van der Waals surface area contributed by atoms with E-state index in [1.807, 2.05) is 12.1 Å². The van der Waals surface area contributed by atoms with Gasteiger partial charge < -0.3 is 10.5 Å². The van der Waals surface area contributed by atoms with Gasteiger partial charge in [-0.2, -0.15) is 0 Å². The Morgan fingerprint density at radius 2 is 2.28 bits per heavy atom. The summed E-state index contributed by atoms with van der Waals surface area (Å²) in [6.07, 6.45) is 0.356. The molecule has 1 unspecified atom stereocenters. The monoisotopic (exact) mass is 251 g/mol. The standard InChI is InChI=1S/C13H18FN3O/c14-10-5-17(6-10)7-12-11(1-2-13(15)16-12)9-3-4-18-8-9/h1-2,9-10H,3-8H2,(H2,15,16). The molecule has 98 valence electrons. The molecule has 1 aromatic rings. The van der Waals surface area contributed by atoms with E-state index in [1.165, 1.54) is 5.56 Å². The molecule has 3 heterocycles. The van der Waals surface area contributed by atoms with Gasteiger partial charge in [-0.25, -0.2) is 9.37 Å². The number of anilines is 1. The molecule has 18 heavy (non-hydrogen) atoms. The van der Waals surface area contributed by atoms with Gasteiger partial charge in [0.1, 0.15) is 12.0 Å². The molecule has 1 atom stereocenters. The van der Waals surface area contributed by atoms with Gasteiger partial charge in [-0.05, 0) is 18.1 Å². The zero-order chi connectivity index (χ0) is 12.5. The molecule has 0 amide bonds. The van der Waals surface area contributed by atoms with Crippen LogP contribution in [-0.4, -0.2) is 42.4 Å². The van der Waals surface area contributed by atoms with E-state index in [0.717, 1.165) is 25.3 Å². The topological polar surface area (TPSA) is 51.4 Å². The molecule has 2 saturated heterocycles. The average Bonchev–Trinajstić information content (AvgIpc) is 2.80. The molecule has 2 N–H and O–H groups in total. The maximum atomic E-state index is 12.8. The van der Waals surface area contributed by atoms with Crippen molar-refractivity contribution in [2.75, 3.05) is 32.0 Å². The van der Waals surface area contributed by atoms with E-state index in [4.69, 9.17) is 10.5 Å². The molecule has 2 aliphatic heterocycles. The van der Waals surface area contributed by atoms with Crippen LogP contribution in [-0.2, 0) is 11.3 Å². The fourth-order valence-corrected chi connectivity index (χ4v) is 2.65. The zero-order valence-corrected chi connectivity index (χ0v) is 10.3. The summed E-state index contributed by atoms with van der Waals surface area (Å²) in [6, 6.07) is 3.88. The molecule has 1 aromatic heterocycles. The molecule has 2 fully saturated rings. The Balaban J connectivity index is 1.79. The third-order valence-corrected chi connectivity index (χ3v) is 3.69. The van der Waals surface area contributed by atoms with Crippen molar-refractivity contribution in [1.29, 1.82) is 0 Å². The van der Waals surface area contributed by atoms with Crippen molar-refractivity contribution in [1.82, 2.24) is 9.88 Å². The lowest BCUT2D eigenvalue weighted by molar-refractivity contribution is 0.0577. The van der Waals surface area contributed by atoms with Crippen molar-refractivity contribution in [2.24, 2.45) is 0 Å². The van der Waals surface area contributed by atoms with Crippen LogP contribution in [0, 0.1) is 0 Å². The first-order chi connectivity index (χ1) is 8.72. The van der Waals surface area contributed by atoms with Crippen LogP contribution in [0.4, 0.5) is 10.2 Å². The highest BCUT2D eigenvalue weighted by Gasteiger charge is 2.28. The van der Waals surface area contributed by atoms with Gasteiger partial charge in [-0.15, -0.1) is 0 Å². The van der Waals surface area contributed by atoms with Crippen LogP contribution in [0.1, 0.15) is 23.6 Å². The molecule has 5 heteroatoms. The van der Waals surface area contributed by atoms with Gasteiger partial charge >= 0.3 is 0 Å². The van der Waals surface area contributed by atoms with Crippen LogP contribution < -0.4 is 5.73 Å². The first kappa shape index (κ1) is 11.9. The number of hydrogen-bond donors (Lipinski definition) is 1. The Kier molecular flexibility index (Phi) is 3.18. The van der Waals surface area contributed by atoms with Crippen LogP contribution in [0.25, 0.3) is 0 Å². The average molecular weight is 251 g/mol. The van der Waals surface area contributed by atoms with Gasteiger partial charge in [0.25, 0.3) is 0 Å². The number of likely N-dealkylation sites (tertiary alicyclic amines) is 1. The van der Waals surface area contributed by atoms with E-state index < -0.39 is 6.17 Å². The van der Waals surface area contributed by atoms with Crippen molar-refractivity contribution in [3.8, 4) is 0 Å². The Morgan fingerprint density at radius 1 is 1.44 bits per heavy atom. The normalized spacial score (nSPS) is 25.3. The van der Waals surface area contributed by atoms with E-state index in [2.05, 4.69) is 9.88 Å². The van der Waals surface area contributed by atoms with Crippen LogP contribution >= 0.6 is 0 Å². The number of nitrogens with zero attached hydrogens (tertiary/aromatic N) is 2. The second kappa shape index (κ2) is 4.82. The van der Waals surface area contributed by atoms with Gasteiger partial charge in [0.2, 0.25) is 0 Å². The first-order valence-electron chi connectivity index (χ1n) is 6.42. The number of pyridine rings is 1. The largest absolute Gasteiger partial charge is 0.384 e. The highest BCUT2D eigenvalue weighted by atomic mass is 19.1. The Morgan fingerprint density at radius 3 is 2.94 bits per heavy atom. The van der Waals surface area contributed by atoms with Gasteiger partial charge in [0.15, 0.2) is 0 Å². The number of aromatic nitrogens is 1. The minimum Gasteiger partial charge on any atom is -0.384 e. The van der Waals surface area contributed by atoms with Gasteiger partial charge in [-0.3, -0.25) is 4.90 Å². The van der Waals surface area contributed by atoms with Crippen LogP contribution in [0.3, 0.4) is 0 Å². The van der Waals surface area contributed by atoms with Crippen molar-refractivity contribution < 1.29 is 9.13 Å². The lowest BCUT2D eigenvalue weighted by atomic mass is 9.96. The summed E-state index contributed by atoms with van der Waals surface area (Å²) in [6.45, 7) is 3.28. The molecule has 0 aromatic carbocycles. The van der Waals surface area contributed by atoms with Crippen molar-refractivity contribution in [2.45, 2.75) is 25.1 Å². The SMILES string of the molecule is Nc1ccc(C2CCOC2)c(CN2CC(F)C2)n1. The number of nitrogen functional groups attached to an aromatic ring is 1. The Hall–Kier alpha value is -1.20. The number of halogens is 1. The summed E-state index contributed by atoms with van der Waals surface area (Å²) in [5.41, 5.74) is 7.95. The number of nitrogens with two attached hydrogens (primary N) is 1. The van der Waals surface area contributed by atoms with E-state index >= 15 is 0 Å². The quantitative estimate of drug-likeness (QED) is 0.880. The van der Waals surface area contributed by atoms with Gasteiger partial charge in [0.05, 0.1) is 12.3 Å². The molecule has 0 saturated carbocycles. The maximum absolute atomic E-state index is 12.8. The third kappa shape index (κ3) is 2.33. The molecule has 2 aliphatic rings. The summed E-state index contributed by atoms with van der Waals surface area (Å²) in [4.78, 5) is 6.48. The van der Waals surface area contributed by atoms with Crippen LogP contribution in [0.2, 0.25) is 0 Å². The van der Waals surface area contributed by atoms with Crippen molar-refractivity contribution >= 4 is 5.82 Å². The molecule has 0 bridgehead atoms. The van der Waals surface area contributed by atoms with Crippen molar-refractivity contribution in [3.05, 3.63) is 23.4 Å². The second-order valence-corrected chi connectivity index (χ2v) is 5.12. The Labute approximate surface area is 106 Å². The lowest BCUT2D eigenvalue weighted by Gasteiger charge is -2.34. The second-order valence-electron chi connectivity index (χ2n) is 5.12. The van der Waals surface area contributed by atoms with E-state index in [9.17, 15) is 4.39 Å². The first-order valence-corrected chi connectivity index (χ1v) is 6.42. The molecular formula is C13H18FN3O. The van der Waals surface area contributed by atoms with Gasteiger partial charge in [-0.1, -0.05) is 6.07 Å². The maximum Gasteiger partial charge on any atom is 0.125 e. The summed E-state index contributed by atoms with van der Waals surface area (Å²) in [5.74, 6) is 0.945. The van der Waals surface area contributed by atoms with E-state index in [0.29, 0.717) is 31.4 Å².